The number of anilines is 1. The molecule has 4 N–H and O–H groups in total. The Labute approximate surface area is 115 Å². The third-order valence-corrected chi connectivity index (χ3v) is 4.18. The van der Waals surface area contributed by atoms with E-state index in [0.717, 1.165) is 29.7 Å². The van der Waals surface area contributed by atoms with Crippen LogP contribution in [0.1, 0.15) is 23.7 Å². The number of nitrogens with two attached hydrogens (primary N) is 2. The number of hydrogen-bond acceptors (Lipinski definition) is 3. The van der Waals surface area contributed by atoms with E-state index in [9.17, 15) is 4.79 Å². The summed E-state index contributed by atoms with van der Waals surface area (Å²) in [5.41, 5.74) is 12.8. The molecule has 0 radical (unpaired) electrons. The van der Waals surface area contributed by atoms with Crippen LogP contribution in [0, 0.1) is 5.92 Å². The summed E-state index contributed by atoms with van der Waals surface area (Å²) in [6.07, 6.45) is 1.11. The molecule has 98 valence electrons. The van der Waals surface area contributed by atoms with Crippen molar-refractivity contribution in [2.24, 2.45) is 17.4 Å². The Balaban J connectivity index is 2.18. The fourth-order valence-corrected chi connectivity index (χ4v) is 2.98. The third-order valence-electron chi connectivity index (χ3n) is 3.54. The zero-order valence-corrected chi connectivity index (χ0v) is 12.0. The predicted molar refractivity (Wildman–Crippen MR) is 76.6 cm³/mol. The van der Waals surface area contributed by atoms with Crippen LogP contribution in [0.2, 0.25) is 0 Å². The summed E-state index contributed by atoms with van der Waals surface area (Å²) >= 11 is 3.50. The van der Waals surface area contributed by atoms with Gasteiger partial charge >= 0.3 is 0 Å². The van der Waals surface area contributed by atoms with Gasteiger partial charge in [-0.25, -0.2) is 0 Å². The highest BCUT2D eigenvalue weighted by molar-refractivity contribution is 9.10. The maximum Gasteiger partial charge on any atom is 0.248 e. The van der Waals surface area contributed by atoms with Crippen molar-refractivity contribution in [3.8, 4) is 0 Å². The minimum Gasteiger partial charge on any atom is -0.370 e. The molecule has 1 aromatic rings. The summed E-state index contributed by atoms with van der Waals surface area (Å²) < 4.78 is 0.907. The van der Waals surface area contributed by atoms with Crippen LogP contribution in [0.4, 0.5) is 5.69 Å². The van der Waals surface area contributed by atoms with Crippen molar-refractivity contribution >= 4 is 27.5 Å². The molecule has 2 rings (SSSR count). The Morgan fingerprint density at radius 1 is 1.56 bits per heavy atom. The highest BCUT2D eigenvalue weighted by Gasteiger charge is 2.26. The lowest BCUT2D eigenvalue weighted by atomic mass is 10.0. The smallest absolute Gasteiger partial charge is 0.248 e. The summed E-state index contributed by atoms with van der Waals surface area (Å²) in [7, 11) is 0. The molecule has 1 saturated heterocycles. The van der Waals surface area contributed by atoms with Crippen LogP contribution in [0.5, 0.6) is 0 Å². The monoisotopic (exact) mass is 311 g/mol. The number of rotatable bonds is 3. The maximum atomic E-state index is 11.1. The van der Waals surface area contributed by atoms with E-state index in [4.69, 9.17) is 11.5 Å². The molecule has 1 aliphatic rings. The zero-order valence-electron chi connectivity index (χ0n) is 10.4. The minimum atomic E-state index is -0.405. The van der Waals surface area contributed by atoms with Gasteiger partial charge in [-0.05, 0) is 53.4 Å². The van der Waals surface area contributed by atoms with Crippen molar-refractivity contribution < 1.29 is 4.79 Å². The molecule has 0 bridgehead atoms. The third kappa shape index (κ3) is 2.67. The molecule has 0 aliphatic carbocycles. The molecular weight excluding hydrogens is 294 g/mol. The van der Waals surface area contributed by atoms with Gasteiger partial charge in [-0.2, -0.15) is 0 Å². The molecule has 2 unspecified atom stereocenters. The van der Waals surface area contributed by atoms with Gasteiger partial charge in [0, 0.05) is 29.2 Å². The van der Waals surface area contributed by atoms with Crippen molar-refractivity contribution in [1.29, 1.82) is 0 Å². The average molecular weight is 312 g/mol. The molecule has 1 amide bonds. The highest BCUT2D eigenvalue weighted by atomic mass is 79.9. The highest BCUT2D eigenvalue weighted by Crippen LogP contribution is 2.32. The summed E-state index contributed by atoms with van der Waals surface area (Å²) in [6, 6.07) is 5.70. The predicted octanol–water partition coefficient (Wildman–Crippen LogP) is 1.72. The number of primary amides is 1. The van der Waals surface area contributed by atoms with Crippen LogP contribution < -0.4 is 16.4 Å². The molecular formula is C13H18BrN3O. The van der Waals surface area contributed by atoms with Crippen LogP contribution in [-0.2, 0) is 0 Å². The van der Waals surface area contributed by atoms with E-state index < -0.39 is 5.91 Å². The number of benzene rings is 1. The molecule has 1 aliphatic heterocycles. The summed E-state index contributed by atoms with van der Waals surface area (Å²) in [5.74, 6) is 0.129. The van der Waals surface area contributed by atoms with Gasteiger partial charge in [-0.15, -0.1) is 0 Å². The quantitative estimate of drug-likeness (QED) is 0.892. The first-order valence-corrected chi connectivity index (χ1v) is 6.88. The van der Waals surface area contributed by atoms with Crippen molar-refractivity contribution in [2.45, 2.75) is 19.4 Å². The lowest BCUT2D eigenvalue weighted by Gasteiger charge is -2.21. The number of carbonyl (C=O) groups is 1. The SMILES string of the molecule is CC(N)C1CCN(c2ccc(C(N)=O)cc2Br)C1. The van der Waals surface area contributed by atoms with E-state index >= 15 is 0 Å². The van der Waals surface area contributed by atoms with Crippen molar-refractivity contribution in [1.82, 2.24) is 0 Å². The van der Waals surface area contributed by atoms with Gasteiger partial charge in [-0.3, -0.25) is 4.79 Å². The number of carbonyl (C=O) groups excluding carboxylic acids is 1. The topological polar surface area (TPSA) is 72.3 Å². The second-order valence-electron chi connectivity index (χ2n) is 4.88. The molecule has 0 saturated carbocycles. The second-order valence-corrected chi connectivity index (χ2v) is 5.74. The maximum absolute atomic E-state index is 11.1. The van der Waals surface area contributed by atoms with E-state index in [0.29, 0.717) is 11.5 Å². The van der Waals surface area contributed by atoms with Gasteiger partial charge in [0.05, 0.1) is 5.69 Å². The Hall–Kier alpha value is -1.07. The van der Waals surface area contributed by atoms with Crippen LogP contribution >= 0.6 is 15.9 Å². The van der Waals surface area contributed by atoms with Gasteiger partial charge in [0.25, 0.3) is 0 Å². The first-order valence-electron chi connectivity index (χ1n) is 6.09. The number of nitrogens with zero attached hydrogens (tertiary/aromatic N) is 1. The van der Waals surface area contributed by atoms with E-state index in [1.807, 2.05) is 6.07 Å². The van der Waals surface area contributed by atoms with Gasteiger partial charge < -0.3 is 16.4 Å². The molecule has 4 nitrogen and oxygen atoms in total. The summed E-state index contributed by atoms with van der Waals surface area (Å²) in [5, 5.41) is 0. The lowest BCUT2D eigenvalue weighted by Crippen LogP contribution is -2.29. The fraction of sp³-hybridized carbons (Fsp3) is 0.462. The number of amides is 1. The molecule has 1 heterocycles. The lowest BCUT2D eigenvalue weighted by molar-refractivity contribution is 0.100. The van der Waals surface area contributed by atoms with E-state index in [-0.39, 0.29) is 6.04 Å². The van der Waals surface area contributed by atoms with E-state index in [1.54, 1.807) is 12.1 Å². The summed E-state index contributed by atoms with van der Waals surface area (Å²) in [4.78, 5) is 13.4. The molecule has 2 atom stereocenters. The largest absolute Gasteiger partial charge is 0.370 e. The van der Waals surface area contributed by atoms with Crippen LogP contribution in [0.25, 0.3) is 0 Å². The Kier molecular flexibility index (Phi) is 3.92. The van der Waals surface area contributed by atoms with E-state index in [2.05, 4.69) is 27.8 Å². The Morgan fingerprint density at radius 2 is 2.28 bits per heavy atom. The summed E-state index contributed by atoms with van der Waals surface area (Å²) in [6.45, 7) is 4.02. The second kappa shape index (κ2) is 5.28. The van der Waals surface area contributed by atoms with Crippen LogP contribution in [-0.4, -0.2) is 25.0 Å². The van der Waals surface area contributed by atoms with Gasteiger partial charge in [-0.1, -0.05) is 0 Å². The van der Waals surface area contributed by atoms with Crippen molar-refractivity contribution in [3.63, 3.8) is 0 Å². The molecule has 0 aromatic heterocycles. The molecule has 18 heavy (non-hydrogen) atoms. The zero-order chi connectivity index (χ0) is 13.3. The molecule has 5 heteroatoms. The fourth-order valence-electron chi connectivity index (χ4n) is 2.35. The molecule has 1 aromatic carbocycles. The molecule has 0 spiro atoms. The average Bonchev–Trinajstić information content (AvgIpc) is 2.78. The Morgan fingerprint density at radius 3 is 2.78 bits per heavy atom. The minimum absolute atomic E-state index is 0.221. The first-order chi connectivity index (χ1) is 8.49. The number of hydrogen-bond donors (Lipinski definition) is 2. The normalized spacial score (nSPS) is 21.1. The Bertz CT molecular complexity index is 462. The van der Waals surface area contributed by atoms with Gasteiger partial charge in [0.1, 0.15) is 0 Å². The van der Waals surface area contributed by atoms with E-state index in [1.165, 1.54) is 0 Å². The first kappa shape index (κ1) is 13.4. The van der Waals surface area contributed by atoms with Gasteiger partial charge in [0.2, 0.25) is 5.91 Å². The number of halogens is 1. The van der Waals surface area contributed by atoms with Crippen LogP contribution in [0.15, 0.2) is 22.7 Å². The molecule has 1 fully saturated rings. The standard InChI is InChI=1S/C13H18BrN3O/c1-8(15)10-4-5-17(7-10)12-3-2-9(13(16)18)6-11(12)14/h2-3,6,8,10H,4-5,7,15H2,1H3,(H2,16,18). The van der Waals surface area contributed by atoms with Gasteiger partial charge in [0.15, 0.2) is 0 Å². The van der Waals surface area contributed by atoms with Crippen LogP contribution in [0.3, 0.4) is 0 Å². The van der Waals surface area contributed by atoms with Crippen molar-refractivity contribution in [2.75, 3.05) is 18.0 Å². The van der Waals surface area contributed by atoms with Crippen molar-refractivity contribution in [3.05, 3.63) is 28.2 Å².